The van der Waals surface area contributed by atoms with Crippen molar-refractivity contribution < 1.29 is 13.2 Å². The number of aromatic nitrogens is 2. The molecule has 0 radical (unpaired) electrons. The van der Waals surface area contributed by atoms with Crippen molar-refractivity contribution in [2.75, 3.05) is 31.1 Å². The van der Waals surface area contributed by atoms with Crippen LogP contribution in [0.15, 0.2) is 71.9 Å². The maximum atomic E-state index is 13.1. The number of anilines is 1. The van der Waals surface area contributed by atoms with E-state index in [9.17, 15) is 13.2 Å². The number of halogens is 1. The lowest BCUT2D eigenvalue weighted by Crippen LogP contribution is -2.48. The van der Waals surface area contributed by atoms with E-state index in [2.05, 4.69) is 9.88 Å². The first-order chi connectivity index (χ1) is 16.4. The van der Waals surface area contributed by atoms with Crippen LogP contribution < -0.4 is 4.90 Å². The Bertz CT molecular complexity index is 1450. The molecule has 7 nitrogen and oxygen atoms in total. The van der Waals surface area contributed by atoms with Crippen LogP contribution in [0.25, 0.3) is 10.2 Å². The second kappa shape index (κ2) is 9.32. The summed E-state index contributed by atoms with van der Waals surface area (Å²) in [6.45, 7) is 2.47. The van der Waals surface area contributed by atoms with Gasteiger partial charge in [0, 0.05) is 43.0 Å². The average molecular weight is 513 g/mol. The molecule has 2 aromatic carbocycles. The van der Waals surface area contributed by atoms with E-state index in [0.29, 0.717) is 42.3 Å². The van der Waals surface area contributed by atoms with Crippen LogP contribution in [-0.2, 0) is 15.6 Å². The van der Waals surface area contributed by atoms with Crippen LogP contribution in [-0.4, -0.2) is 55.4 Å². The van der Waals surface area contributed by atoms with Gasteiger partial charge in [0.05, 0.1) is 16.0 Å². The number of thiazole rings is 1. The zero-order valence-electron chi connectivity index (χ0n) is 18.1. The van der Waals surface area contributed by atoms with Crippen molar-refractivity contribution in [2.45, 2.75) is 10.8 Å². The number of sulfone groups is 1. The zero-order valence-corrected chi connectivity index (χ0v) is 20.5. The Hall–Kier alpha value is -3.01. The summed E-state index contributed by atoms with van der Waals surface area (Å²) >= 11 is 7.68. The van der Waals surface area contributed by atoms with Crippen LogP contribution in [0.2, 0.25) is 5.02 Å². The summed E-state index contributed by atoms with van der Waals surface area (Å²) < 4.78 is 26.4. The van der Waals surface area contributed by atoms with Gasteiger partial charge in [-0.05, 0) is 48.0 Å². The third-order valence-electron chi connectivity index (χ3n) is 5.66. The van der Waals surface area contributed by atoms with Gasteiger partial charge in [-0.3, -0.25) is 4.79 Å². The fraction of sp³-hybridized carbons (Fsp3) is 0.208. The van der Waals surface area contributed by atoms with Crippen molar-refractivity contribution in [2.24, 2.45) is 0 Å². The second-order valence-corrected chi connectivity index (χ2v) is 11.4. The van der Waals surface area contributed by atoms with E-state index in [-0.39, 0.29) is 16.7 Å². The van der Waals surface area contributed by atoms with Gasteiger partial charge in [-0.15, -0.1) is 0 Å². The summed E-state index contributed by atoms with van der Waals surface area (Å²) in [5, 5.41) is 1.64. The predicted molar refractivity (Wildman–Crippen MR) is 134 cm³/mol. The van der Waals surface area contributed by atoms with E-state index in [0.717, 1.165) is 15.3 Å². The fourth-order valence-corrected chi connectivity index (χ4v) is 6.49. The molecule has 34 heavy (non-hydrogen) atoms. The first-order valence-electron chi connectivity index (χ1n) is 10.7. The molecule has 1 aliphatic heterocycles. The highest BCUT2D eigenvalue weighted by Crippen LogP contribution is 2.31. The molecule has 0 saturated carbocycles. The Morgan fingerprint density at radius 2 is 1.82 bits per heavy atom. The number of rotatable bonds is 5. The molecule has 3 heterocycles. The topological polar surface area (TPSA) is 83.5 Å². The minimum Gasteiger partial charge on any atom is -0.345 e. The van der Waals surface area contributed by atoms with Crippen molar-refractivity contribution in [1.82, 2.24) is 14.9 Å². The van der Waals surface area contributed by atoms with Gasteiger partial charge in [-0.25, -0.2) is 18.4 Å². The highest BCUT2D eigenvalue weighted by atomic mass is 35.5. The Labute approximate surface area is 206 Å². The zero-order chi connectivity index (χ0) is 23.7. The highest BCUT2D eigenvalue weighted by molar-refractivity contribution is 7.90. The molecule has 0 unspecified atom stereocenters. The van der Waals surface area contributed by atoms with Crippen LogP contribution in [0.4, 0.5) is 5.13 Å². The molecule has 1 aliphatic rings. The molecule has 0 N–H and O–H groups in total. The third kappa shape index (κ3) is 4.77. The fourth-order valence-electron chi connectivity index (χ4n) is 3.92. The lowest BCUT2D eigenvalue weighted by Gasteiger charge is -2.34. The molecule has 10 heteroatoms. The molecule has 2 aromatic heterocycles. The molecular weight excluding hydrogens is 492 g/mol. The van der Waals surface area contributed by atoms with Gasteiger partial charge < -0.3 is 9.80 Å². The number of pyridine rings is 1. The van der Waals surface area contributed by atoms with Crippen molar-refractivity contribution in [3.05, 3.63) is 83.0 Å². The number of nitrogens with zero attached hydrogens (tertiary/aromatic N) is 4. The molecule has 0 atom stereocenters. The number of piperazine rings is 1. The Balaban J connectivity index is 1.25. The third-order valence-corrected chi connectivity index (χ3v) is 8.57. The highest BCUT2D eigenvalue weighted by Gasteiger charge is 2.25. The first-order valence-corrected chi connectivity index (χ1v) is 13.6. The maximum absolute atomic E-state index is 13.1. The van der Waals surface area contributed by atoms with Gasteiger partial charge in [-0.1, -0.05) is 41.1 Å². The number of hydrogen-bond donors (Lipinski definition) is 0. The number of carbonyl (C=O) groups is 1. The number of carbonyl (C=O) groups excluding carboxylic acids is 1. The molecule has 0 aliphatic carbocycles. The van der Waals surface area contributed by atoms with Crippen LogP contribution in [0.1, 0.15) is 15.9 Å². The van der Waals surface area contributed by atoms with Gasteiger partial charge in [-0.2, -0.15) is 0 Å². The molecule has 1 saturated heterocycles. The van der Waals surface area contributed by atoms with Crippen molar-refractivity contribution in [1.29, 1.82) is 0 Å². The average Bonchev–Trinajstić information content (AvgIpc) is 3.27. The number of hydrogen-bond acceptors (Lipinski definition) is 7. The van der Waals surface area contributed by atoms with E-state index in [4.69, 9.17) is 16.6 Å². The monoisotopic (exact) mass is 512 g/mol. The van der Waals surface area contributed by atoms with E-state index in [1.54, 1.807) is 52.6 Å². The van der Waals surface area contributed by atoms with Gasteiger partial charge in [0.1, 0.15) is 0 Å². The second-order valence-electron chi connectivity index (χ2n) is 8.02. The van der Waals surface area contributed by atoms with Gasteiger partial charge >= 0.3 is 0 Å². The van der Waals surface area contributed by atoms with Crippen LogP contribution in [0.5, 0.6) is 0 Å². The minimum atomic E-state index is -3.59. The van der Waals surface area contributed by atoms with Crippen molar-refractivity contribution in [3.63, 3.8) is 0 Å². The molecule has 0 bridgehead atoms. The standard InChI is InChI=1S/C24H21ClN4O3S2/c25-19-7-8-20-21(15-19)33-24(27-20)29-12-10-28(11-13-29)23(30)18-5-3-4-17(14-18)16-34(31,32)22-6-1-2-9-26-22/h1-9,14-15H,10-13,16H2. The van der Waals surface area contributed by atoms with Gasteiger partial charge in [0.2, 0.25) is 0 Å². The largest absolute Gasteiger partial charge is 0.345 e. The molecule has 5 rings (SSSR count). The lowest BCUT2D eigenvalue weighted by atomic mass is 10.1. The van der Waals surface area contributed by atoms with Crippen LogP contribution >= 0.6 is 22.9 Å². The number of benzene rings is 2. The van der Waals surface area contributed by atoms with E-state index < -0.39 is 9.84 Å². The van der Waals surface area contributed by atoms with E-state index in [1.165, 1.54) is 12.3 Å². The van der Waals surface area contributed by atoms with Crippen molar-refractivity contribution in [3.8, 4) is 0 Å². The Morgan fingerprint density at radius 3 is 2.59 bits per heavy atom. The van der Waals surface area contributed by atoms with E-state index >= 15 is 0 Å². The quantitative estimate of drug-likeness (QED) is 0.397. The maximum Gasteiger partial charge on any atom is 0.253 e. The summed E-state index contributed by atoms with van der Waals surface area (Å²) in [5.41, 5.74) is 1.96. The van der Waals surface area contributed by atoms with Crippen LogP contribution in [0, 0.1) is 0 Å². The molecule has 4 aromatic rings. The summed E-state index contributed by atoms with van der Waals surface area (Å²) in [6.07, 6.45) is 1.45. The normalized spacial score (nSPS) is 14.5. The van der Waals surface area contributed by atoms with Gasteiger partial charge in [0.25, 0.3) is 5.91 Å². The summed E-state index contributed by atoms with van der Waals surface area (Å²) in [7, 11) is -3.59. The minimum absolute atomic E-state index is 0.0278. The Kier molecular flexibility index (Phi) is 6.24. The van der Waals surface area contributed by atoms with E-state index in [1.807, 2.05) is 18.2 Å². The molecule has 0 spiro atoms. The summed E-state index contributed by atoms with van der Waals surface area (Å²) in [6, 6.07) is 17.3. The van der Waals surface area contributed by atoms with Crippen molar-refractivity contribution >= 4 is 54.0 Å². The summed E-state index contributed by atoms with van der Waals surface area (Å²) in [5.74, 6) is -0.312. The van der Waals surface area contributed by atoms with Gasteiger partial charge in [0.15, 0.2) is 20.0 Å². The lowest BCUT2D eigenvalue weighted by molar-refractivity contribution is 0.0746. The predicted octanol–water partition coefficient (Wildman–Crippen LogP) is 4.28. The SMILES string of the molecule is O=C(c1cccc(CS(=O)(=O)c2ccccn2)c1)N1CCN(c2nc3ccc(Cl)cc3s2)CC1. The smallest absolute Gasteiger partial charge is 0.253 e. The molecule has 1 amide bonds. The summed E-state index contributed by atoms with van der Waals surface area (Å²) in [4.78, 5) is 25.8. The molecule has 1 fully saturated rings. The Morgan fingerprint density at radius 1 is 1.00 bits per heavy atom. The van der Waals surface area contributed by atoms with Crippen LogP contribution in [0.3, 0.4) is 0 Å². The number of amides is 1. The molecular formula is C24H21ClN4O3S2. The first kappa shape index (κ1) is 22.8. The molecule has 174 valence electrons. The number of fused-ring (bicyclic) bond motifs is 1.